The molecule has 1 saturated heterocycles. The molecule has 0 aromatic heterocycles. The molecule has 3 N–H and O–H groups in total. The fourth-order valence-electron chi connectivity index (χ4n) is 2.70. The molecule has 138 valence electrons. The van der Waals surface area contributed by atoms with Crippen LogP contribution in [0.2, 0.25) is 0 Å². The van der Waals surface area contributed by atoms with Crippen LogP contribution in [0.25, 0.3) is 0 Å². The van der Waals surface area contributed by atoms with E-state index in [-0.39, 0.29) is 10.8 Å². The van der Waals surface area contributed by atoms with Crippen LogP contribution in [0, 0.1) is 6.92 Å². The highest BCUT2D eigenvalue weighted by atomic mass is 32.2. The minimum Gasteiger partial charge on any atom is -0.397 e. The lowest BCUT2D eigenvalue weighted by Gasteiger charge is -2.26. The first-order chi connectivity index (χ1) is 12.4. The highest BCUT2D eigenvalue weighted by Gasteiger charge is 2.26. The number of hydrogen-bond acceptors (Lipinski definition) is 5. The summed E-state index contributed by atoms with van der Waals surface area (Å²) >= 11 is 0. The normalized spacial score (nSPS) is 15.6. The van der Waals surface area contributed by atoms with E-state index in [1.54, 1.807) is 12.1 Å². The Bertz CT molecular complexity index is 905. The number of aryl methyl sites for hydroxylation is 1. The van der Waals surface area contributed by atoms with E-state index in [0.29, 0.717) is 43.2 Å². The SMILES string of the molecule is Cc1ccc(NC(=O)c2ccc(S(=O)(=O)N3CCOCC3)cc2)c(N)c1. The van der Waals surface area contributed by atoms with Crippen LogP contribution < -0.4 is 11.1 Å². The maximum Gasteiger partial charge on any atom is 0.255 e. The molecule has 7 nitrogen and oxygen atoms in total. The van der Waals surface area contributed by atoms with Gasteiger partial charge in [0.2, 0.25) is 10.0 Å². The third kappa shape index (κ3) is 3.87. The first kappa shape index (κ1) is 18.4. The van der Waals surface area contributed by atoms with Gasteiger partial charge in [-0.15, -0.1) is 0 Å². The first-order valence-corrected chi connectivity index (χ1v) is 9.67. The maximum absolute atomic E-state index is 12.6. The van der Waals surface area contributed by atoms with Gasteiger partial charge in [-0.2, -0.15) is 4.31 Å². The number of morpholine rings is 1. The number of ether oxygens (including phenoxy) is 1. The number of carbonyl (C=O) groups is 1. The summed E-state index contributed by atoms with van der Waals surface area (Å²) < 4.78 is 31.8. The predicted molar refractivity (Wildman–Crippen MR) is 99.6 cm³/mol. The van der Waals surface area contributed by atoms with Crippen molar-refractivity contribution in [2.24, 2.45) is 0 Å². The molecule has 1 aliphatic heterocycles. The quantitative estimate of drug-likeness (QED) is 0.794. The predicted octanol–water partition coefficient (Wildman–Crippen LogP) is 1.85. The summed E-state index contributed by atoms with van der Waals surface area (Å²) in [7, 11) is -3.57. The van der Waals surface area contributed by atoms with Gasteiger partial charge in [-0.3, -0.25) is 4.79 Å². The van der Waals surface area contributed by atoms with E-state index >= 15 is 0 Å². The Balaban J connectivity index is 1.75. The minimum atomic E-state index is -3.57. The summed E-state index contributed by atoms with van der Waals surface area (Å²) in [6.07, 6.45) is 0. The minimum absolute atomic E-state index is 0.158. The zero-order chi connectivity index (χ0) is 18.7. The summed E-state index contributed by atoms with van der Waals surface area (Å²) in [4.78, 5) is 12.5. The Morgan fingerprint density at radius 2 is 1.77 bits per heavy atom. The monoisotopic (exact) mass is 375 g/mol. The van der Waals surface area contributed by atoms with Crippen LogP contribution in [-0.4, -0.2) is 44.9 Å². The fraction of sp³-hybridized carbons (Fsp3) is 0.278. The molecule has 1 amide bonds. The second-order valence-electron chi connectivity index (χ2n) is 6.09. The summed E-state index contributed by atoms with van der Waals surface area (Å²) in [5.74, 6) is -0.351. The number of nitrogens with two attached hydrogens (primary N) is 1. The van der Waals surface area contributed by atoms with Gasteiger partial charge in [0.15, 0.2) is 0 Å². The summed E-state index contributed by atoms with van der Waals surface area (Å²) in [5.41, 5.74) is 8.25. The van der Waals surface area contributed by atoms with E-state index in [1.165, 1.54) is 28.6 Å². The van der Waals surface area contributed by atoms with Gasteiger partial charge < -0.3 is 15.8 Å². The number of sulfonamides is 1. The zero-order valence-corrected chi connectivity index (χ0v) is 15.3. The van der Waals surface area contributed by atoms with Crippen LogP contribution in [0.5, 0.6) is 0 Å². The van der Waals surface area contributed by atoms with Crippen LogP contribution in [-0.2, 0) is 14.8 Å². The van der Waals surface area contributed by atoms with Gasteiger partial charge in [-0.25, -0.2) is 8.42 Å². The molecule has 3 rings (SSSR count). The number of rotatable bonds is 4. The second-order valence-corrected chi connectivity index (χ2v) is 8.02. The molecule has 2 aromatic rings. The molecule has 0 aliphatic carbocycles. The third-order valence-electron chi connectivity index (χ3n) is 4.18. The molecule has 0 spiro atoms. The Labute approximate surface area is 152 Å². The molecule has 1 aliphatic rings. The van der Waals surface area contributed by atoms with Crippen molar-refractivity contribution in [2.75, 3.05) is 37.4 Å². The molecule has 0 atom stereocenters. The number of benzene rings is 2. The van der Waals surface area contributed by atoms with Gasteiger partial charge in [0.25, 0.3) is 5.91 Å². The van der Waals surface area contributed by atoms with Crippen LogP contribution in [0.4, 0.5) is 11.4 Å². The molecule has 26 heavy (non-hydrogen) atoms. The van der Waals surface area contributed by atoms with Gasteiger partial charge in [0.1, 0.15) is 0 Å². The first-order valence-electron chi connectivity index (χ1n) is 8.23. The van der Waals surface area contributed by atoms with Crippen molar-refractivity contribution in [2.45, 2.75) is 11.8 Å². The van der Waals surface area contributed by atoms with E-state index < -0.39 is 10.0 Å². The van der Waals surface area contributed by atoms with Crippen LogP contribution in [0.3, 0.4) is 0 Å². The zero-order valence-electron chi connectivity index (χ0n) is 14.4. The van der Waals surface area contributed by atoms with E-state index in [4.69, 9.17) is 10.5 Å². The molecule has 1 heterocycles. The van der Waals surface area contributed by atoms with E-state index in [2.05, 4.69) is 5.32 Å². The average molecular weight is 375 g/mol. The van der Waals surface area contributed by atoms with Gasteiger partial charge >= 0.3 is 0 Å². The van der Waals surface area contributed by atoms with Crippen molar-refractivity contribution in [3.63, 3.8) is 0 Å². The summed E-state index contributed by atoms with van der Waals surface area (Å²) in [6.45, 7) is 3.35. The molecular weight excluding hydrogens is 354 g/mol. The Kier molecular flexibility index (Phi) is 5.26. The molecular formula is C18H21N3O4S. The fourth-order valence-corrected chi connectivity index (χ4v) is 4.11. The van der Waals surface area contributed by atoms with Crippen LogP contribution >= 0.6 is 0 Å². The van der Waals surface area contributed by atoms with E-state index in [0.717, 1.165) is 5.56 Å². The van der Waals surface area contributed by atoms with Crippen molar-refractivity contribution in [1.29, 1.82) is 0 Å². The van der Waals surface area contributed by atoms with Gasteiger partial charge in [0, 0.05) is 18.7 Å². The molecule has 1 fully saturated rings. The van der Waals surface area contributed by atoms with Crippen molar-refractivity contribution in [3.8, 4) is 0 Å². The van der Waals surface area contributed by atoms with Crippen molar-refractivity contribution in [3.05, 3.63) is 53.6 Å². The average Bonchev–Trinajstić information content (AvgIpc) is 2.65. The van der Waals surface area contributed by atoms with Crippen molar-refractivity contribution in [1.82, 2.24) is 4.31 Å². The van der Waals surface area contributed by atoms with Crippen LogP contribution in [0.15, 0.2) is 47.4 Å². The number of carbonyl (C=O) groups excluding carboxylic acids is 1. The number of nitrogens with zero attached hydrogens (tertiary/aromatic N) is 1. The molecule has 2 aromatic carbocycles. The summed E-state index contributed by atoms with van der Waals surface area (Å²) in [6, 6.07) is 11.2. The third-order valence-corrected chi connectivity index (χ3v) is 6.09. The highest BCUT2D eigenvalue weighted by Crippen LogP contribution is 2.21. The Morgan fingerprint density at radius 1 is 1.12 bits per heavy atom. The Morgan fingerprint density at radius 3 is 2.38 bits per heavy atom. The topological polar surface area (TPSA) is 102 Å². The van der Waals surface area contributed by atoms with Gasteiger partial charge in [-0.1, -0.05) is 6.07 Å². The van der Waals surface area contributed by atoms with Gasteiger partial charge in [0.05, 0.1) is 29.5 Å². The summed E-state index contributed by atoms with van der Waals surface area (Å²) in [5, 5.41) is 2.73. The molecule has 8 heteroatoms. The molecule has 0 radical (unpaired) electrons. The smallest absolute Gasteiger partial charge is 0.255 e. The van der Waals surface area contributed by atoms with Gasteiger partial charge in [-0.05, 0) is 48.9 Å². The van der Waals surface area contributed by atoms with E-state index in [1.807, 2.05) is 13.0 Å². The lowest BCUT2D eigenvalue weighted by molar-refractivity contribution is 0.0730. The highest BCUT2D eigenvalue weighted by molar-refractivity contribution is 7.89. The number of nitrogens with one attached hydrogen (secondary N) is 1. The number of anilines is 2. The number of hydrogen-bond donors (Lipinski definition) is 2. The Hall–Kier alpha value is -2.42. The standard InChI is InChI=1S/C18H21N3O4S/c1-13-2-7-17(16(19)12-13)20-18(22)14-3-5-15(6-4-14)26(23,24)21-8-10-25-11-9-21/h2-7,12H,8-11,19H2,1H3,(H,20,22). The maximum atomic E-state index is 12.6. The van der Waals surface area contributed by atoms with E-state index in [9.17, 15) is 13.2 Å². The second kappa shape index (κ2) is 7.45. The number of amides is 1. The van der Waals surface area contributed by atoms with Crippen LogP contribution in [0.1, 0.15) is 15.9 Å². The molecule has 0 saturated carbocycles. The molecule has 0 bridgehead atoms. The number of nitrogen functional groups attached to an aromatic ring is 1. The lowest BCUT2D eigenvalue weighted by Crippen LogP contribution is -2.40. The molecule has 0 unspecified atom stereocenters. The van der Waals surface area contributed by atoms with Crippen molar-refractivity contribution < 1.29 is 17.9 Å². The van der Waals surface area contributed by atoms with Crippen molar-refractivity contribution >= 4 is 27.3 Å². The lowest BCUT2D eigenvalue weighted by atomic mass is 10.1. The largest absolute Gasteiger partial charge is 0.397 e.